The number of ether oxygens (including phenoxy) is 1. The van der Waals surface area contributed by atoms with Crippen molar-refractivity contribution in [3.8, 4) is 0 Å². The quantitative estimate of drug-likeness (QED) is 0.247. The summed E-state index contributed by atoms with van der Waals surface area (Å²) in [5.74, 6) is -0.979. The van der Waals surface area contributed by atoms with Gasteiger partial charge in [0, 0.05) is 23.8 Å². The van der Waals surface area contributed by atoms with Gasteiger partial charge in [-0.2, -0.15) is 0 Å². The number of nitrogens with zero attached hydrogens (tertiary/aromatic N) is 1. The van der Waals surface area contributed by atoms with E-state index in [1.807, 2.05) is 19.1 Å². The minimum absolute atomic E-state index is 0.0698. The molecule has 2 aromatic carbocycles. The topological polar surface area (TPSA) is 86.5 Å². The van der Waals surface area contributed by atoms with Gasteiger partial charge in [-0.3, -0.25) is 14.9 Å². The summed E-state index contributed by atoms with van der Waals surface area (Å²) in [5.41, 5.74) is 2.01. The fourth-order valence-electron chi connectivity index (χ4n) is 2.31. The lowest BCUT2D eigenvalue weighted by Gasteiger charge is -2.11. The van der Waals surface area contributed by atoms with Gasteiger partial charge in [-0.25, -0.2) is 4.79 Å². The molecule has 0 amide bonds. The minimum atomic E-state index is -0.926. The molecule has 0 aliphatic heterocycles. The van der Waals surface area contributed by atoms with E-state index in [1.54, 1.807) is 18.2 Å². The highest BCUT2D eigenvalue weighted by atomic mass is 16.6. The number of rotatable bonds is 7. The first kappa shape index (κ1) is 19.1. The van der Waals surface area contributed by atoms with Gasteiger partial charge in [0.25, 0.3) is 5.69 Å². The van der Waals surface area contributed by atoms with E-state index in [9.17, 15) is 19.7 Å². The van der Waals surface area contributed by atoms with E-state index in [0.29, 0.717) is 11.1 Å². The second-order valence-corrected chi connectivity index (χ2v) is 5.68. The van der Waals surface area contributed by atoms with Gasteiger partial charge in [0.05, 0.1) is 4.92 Å². The van der Waals surface area contributed by atoms with Crippen LogP contribution in [0.1, 0.15) is 35.3 Å². The first-order chi connectivity index (χ1) is 12.4. The summed E-state index contributed by atoms with van der Waals surface area (Å²) in [4.78, 5) is 34.4. The van der Waals surface area contributed by atoms with Crippen LogP contribution in [0.3, 0.4) is 0 Å². The van der Waals surface area contributed by atoms with Crippen molar-refractivity contribution in [1.82, 2.24) is 0 Å². The lowest BCUT2D eigenvalue weighted by Crippen LogP contribution is -2.23. The zero-order valence-corrected chi connectivity index (χ0v) is 14.5. The summed E-state index contributed by atoms with van der Waals surface area (Å²) in [6.07, 6.45) is 2.50. The Hall–Kier alpha value is -3.28. The van der Waals surface area contributed by atoms with Crippen molar-refractivity contribution >= 4 is 23.5 Å². The van der Waals surface area contributed by atoms with Crippen LogP contribution in [-0.2, 0) is 16.0 Å². The molecule has 0 heterocycles. The van der Waals surface area contributed by atoms with Gasteiger partial charge in [0.1, 0.15) is 0 Å². The largest absolute Gasteiger partial charge is 0.451 e. The third-order valence-corrected chi connectivity index (χ3v) is 3.80. The number of aryl methyl sites for hydroxylation is 1. The van der Waals surface area contributed by atoms with Gasteiger partial charge in [-0.05, 0) is 30.5 Å². The molecule has 6 nitrogen and oxygen atoms in total. The number of nitro groups is 1. The first-order valence-electron chi connectivity index (χ1n) is 8.17. The van der Waals surface area contributed by atoms with Gasteiger partial charge >= 0.3 is 5.97 Å². The Morgan fingerprint density at radius 2 is 1.88 bits per heavy atom. The molecule has 6 heteroatoms. The average molecular weight is 353 g/mol. The first-order valence-corrected chi connectivity index (χ1v) is 8.17. The number of Topliss-reactive ketones (excluding diaryl/α,β-unsaturated/α-hetero) is 1. The highest BCUT2D eigenvalue weighted by Gasteiger charge is 2.18. The molecule has 0 aromatic heterocycles. The molecule has 0 bridgehead atoms. The molecule has 0 radical (unpaired) electrons. The number of hydrogen-bond donors (Lipinski definition) is 0. The third-order valence-electron chi connectivity index (χ3n) is 3.80. The fraction of sp³-hybridized carbons (Fsp3) is 0.200. The maximum absolute atomic E-state index is 12.3. The smallest absolute Gasteiger partial charge is 0.331 e. The van der Waals surface area contributed by atoms with Crippen molar-refractivity contribution in [2.45, 2.75) is 26.4 Å². The van der Waals surface area contributed by atoms with Gasteiger partial charge in [-0.15, -0.1) is 0 Å². The number of esters is 1. The summed E-state index contributed by atoms with van der Waals surface area (Å²) in [5, 5.41) is 10.7. The Balaban J connectivity index is 1.98. The second kappa shape index (κ2) is 8.71. The Labute approximate surface area is 151 Å². The number of carbonyl (C=O) groups is 2. The van der Waals surface area contributed by atoms with E-state index >= 15 is 0 Å². The molecular weight excluding hydrogens is 334 g/mol. The maximum Gasteiger partial charge on any atom is 0.331 e. The molecule has 0 unspecified atom stereocenters. The zero-order chi connectivity index (χ0) is 19.1. The highest BCUT2D eigenvalue weighted by Crippen LogP contribution is 2.14. The number of non-ortho nitro benzene ring substituents is 1. The van der Waals surface area contributed by atoms with Crippen LogP contribution in [0.25, 0.3) is 6.08 Å². The van der Waals surface area contributed by atoms with Crippen molar-refractivity contribution in [3.63, 3.8) is 0 Å². The zero-order valence-electron chi connectivity index (χ0n) is 14.5. The molecule has 0 aliphatic rings. The molecule has 26 heavy (non-hydrogen) atoms. The SMILES string of the molecule is CCc1ccc(C(=O)[C@@H](C)OC(=O)/C=C/c2cccc([N+](=O)[O-])c2)cc1. The van der Waals surface area contributed by atoms with Crippen molar-refractivity contribution < 1.29 is 19.2 Å². The Morgan fingerprint density at radius 3 is 2.50 bits per heavy atom. The predicted molar refractivity (Wildman–Crippen MR) is 97.8 cm³/mol. The number of ketones is 1. The minimum Gasteiger partial charge on any atom is -0.451 e. The van der Waals surface area contributed by atoms with Gasteiger partial charge in [0.15, 0.2) is 6.10 Å². The van der Waals surface area contributed by atoms with Gasteiger partial charge < -0.3 is 4.74 Å². The summed E-state index contributed by atoms with van der Waals surface area (Å²) < 4.78 is 5.11. The molecule has 2 aromatic rings. The van der Waals surface area contributed by atoms with Crippen LogP contribution < -0.4 is 0 Å². The molecule has 0 fully saturated rings. The molecule has 0 saturated heterocycles. The van der Waals surface area contributed by atoms with Gasteiger partial charge in [-0.1, -0.05) is 43.3 Å². The second-order valence-electron chi connectivity index (χ2n) is 5.68. The van der Waals surface area contributed by atoms with E-state index < -0.39 is 17.0 Å². The molecule has 0 saturated carbocycles. The van der Waals surface area contributed by atoms with E-state index in [2.05, 4.69) is 0 Å². The van der Waals surface area contributed by atoms with E-state index in [0.717, 1.165) is 18.1 Å². The molecule has 2 rings (SSSR count). The molecule has 0 aliphatic carbocycles. The predicted octanol–water partition coefficient (Wildman–Crippen LogP) is 3.99. The van der Waals surface area contributed by atoms with Crippen LogP contribution >= 0.6 is 0 Å². The third kappa shape index (κ3) is 5.11. The number of nitro benzene ring substituents is 1. The summed E-state index contributed by atoms with van der Waals surface area (Å²) in [7, 11) is 0. The molecule has 134 valence electrons. The fourth-order valence-corrected chi connectivity index (χ4v) is 2.31. The number of hydrogen-bond acceptors (Lipinski definition) is 5. The van der Waals surface area contributed by atoms with E-state index in [-0.39, 0.29) is 11.5 Å². The molecule has 0 N–H and O–H groups in total. The standard InChI is InChI=1S/C20H19NO5/c1-3-15-7-10-17(11-8-15)20(23)14(2)26-19(22)12-9-16-5-4-6-18(13-16)21(24)25/h4-14H,3H2,1-2H3/b12-9+/t14-/m1/s1. The van der Waals surface area contributed by atoms with Gasteiger partial charge in [0.2, 0.25) is 5.78 Å². The summed E-state index contributed by atoms with van der Waals surface area (Å²) >= 11 is 0. The maximum atomic E-state index is 12.3. The Kier molecular flexibility index (Phi) is 6.38. The number of carbonyl (C=O) groups excluding carboxylic acids is 2. The summed E-state index contributed by atoms with van der Waals surface area (Å²) in [6.45, 7) is 3.53. The summed E-state index contributed by atoms with van der Waals surface area (Å²) in [6, 6.07) is 13.0. The van der Waals surface area contributed by atoms with Crippen LogP contribution in [0.15, 0.2) is 54.6 Å². The van der Waals surface area contributed by atoms with Crippen molar-refractivity contribution in [2.24, 2.45) is 0 Å². The van der Waals surface area contributed by atoms with Crippen LogP contribution in [0.4, 0.5) is 5.69 Å². The molecule has 0 spiro atoms. The van der Waals surface area contributed by atoms with Crippen LogP contribution in [-0.4, -0.2) is 22.8 Å². The van der Waals surface area contributed by atoms with Crippen LogP contribution in [0.5, 0.6) is 0 Å². The van der Waals surface area contributed by atoms with E-state index in [1.165, 1.54) is 31.2 Å². The lowest BCUT2D eigenvalue weighted by molar-refractivity contribution is -0.384. The van der Waals surface area contributed by atoms with Crippen molar-refractivity contribution in [3.05, 3.63) is 81.4 Å². The monoisotopic (exact) mass is 353 g/mol. The Morgan fingerprint density at radius 1 is 1.19 bits per heavy atom. The number of benzene rings is 2. The van der Waals surface area contributed by atoms with Crippen LogP contribution in [0.2, 0.25) is 0 Å². The Bertz CT molecular complexity index is 840. The van der Waals surface area contributed by atoms with E-state index in [4.69, 9.17) is 4.74 Å². The molecule has 1 atom stereocenters. The normalized spacial score (nSPS) is 11.9. The van der Waals surface area contributed by atoms with Crippen LogP contribution in [0, 0.1) is 10.1 Å². The van der Waals surface area contributed by atoms with Crippen molar-refractivity contribution in [2.75, 3.05) is 0 Å². The lowest BCUT2D eigenvalue weighted by atomic mass is 10.0. The molecular formula is C20H19NO5. The highest BCUT2D eigenvalue weighted by molar-refractivity contribution is 6.01. The average Bonchev–Trinajstić information content (AvgIpc) is 2.66. The van der Waals surface area contributed by atoms with Crippen molar-refractivity contribution in [1.29, 1.82) is 0 Å².